The van der Waals surface area contributed by atoms with E-state index in [2.05, 4.69) is 5.32 Å². The number of hydrogen-bond acceptors (Lipinski definition) is 5. The summed E-state index contributed by atoms with van der Waals surface area (Å²) in [4.78, 5) is 13.9. The van der Waals surface area contributed by atoms with Crippen LogP contribution < -0.4 is 14.8 Å². The summed E-state index contributed by atoms with van der Waals surface area (Å²) in [7, 11) is 1.77. The molecule has 0 aliphatic carbocycles. The SMILES string of the molecule is CN(CC1COc2ccccc2O1)C(=O)C1CNCCO1.Cl. The normalized spacial score (nSPS) is 23.3. The van der Waals surface area contributed by atoms with Crippen molar-refractivity contribution in [3.8, 4) is 11.5 Å². The second-order valence-corrected chi connectivity index (χ2v) is 5.28. The molecule has 0 bridgehead atoms. The number of likely N-dealkylation sites (N-methyl/N-ethyl adjacent to an activating group) is 1. The predicted octanol–water partition coefficient (Wildman–Crippen LogP) is 0.695. The van der Waals surface area contributed by atoms with Crippen molar-refractivity contribution in [3.63, 3.8) is 0 Å². The van der Waals surface area contributed by atoms with Crippen LogP contribution in [0.25, 0.3) is 0 Å². The molecule has 0 aromatic heterocycles. The third-order valence-corrected chi connectivity index (χ3v) is 3.62. The number of nitrogens with one attached hydrogen (secondary N) is 1. The van der Waals surface area contributed by atoms with E-state index in [1.807, 2.05) is 24.3 Å². The van der Waals surface area contributed by atoms with Gasteiger partial charge >= 0.3 is 0 Å². The maximum absolute atomic E-state index is 12.3. The lowest BCUT2D eigenvalue weighted by Gasteiger charge is -2.32. The molecule has 0 radical (unpaired) electrons. The largest absolute Gasteiger partial charge is 0.486 e. The van der Waals surface area contributed by atoms with E-state index in [0.29, 0.717) is 26.3 Å². The molecular weight excluding hydrogens is 308 g/mol. The lowest BCUT2D eigenvalue weighted by molar-refractivity contribution is -0.145. The molecule has 2 heterocycles. The molecule has 2 aliphatic heterocycles. The van der Waals surface area contributed by atoms with Gasteiger partial charge in [0.1, 0.15) is 12.7 Å². The van der Waals surface area contributed by atoms with Crippen LogP contribution in [0, 0.1) is 0 Å². The Balaban J connectivity index is 0.00000176. The summed E-state index contributed by atoms with van der Waals surface area (Å²) in [5, 5.41) is 3.16. The molecule has 1 aromatic carbocycles. The fraction of sp³-hybridized carbons (Fsp3) is 0.533. The average Bonchev–Trinajstić information content (AvgIpc) is 2.55. The summed E-state index contributed by atoms with van der Waals surface area (Å²) in [5.41, 5.74) is 0. The van der Waals surface area contributed by atoms with Crippen LogP contribution in [0.3, 0.4) is 0 Å². The first kappa shape index (κ1) is 16.9. The minimum absolute atomic E-state index is 0. The van der Waals surface area contributed by atoms with E-state index in [0.717, 1.165) is 18.0 Å². The zero-order chi connectivity index (χ0) is 14.7. The number of rotatable bonds is 3. The van der Waals surface area contributed by atoms with Crippen LogP contribution in [-0.4, -0.2) is 62.9 Å². The summed E-state index contributed by atoms with van der Waals surface area (Å²) in [6, 6.07) is 7.56. The highest BCUT2D eigenvalue weighted by Gasteiger charge is 2.28. The molecule has 0 spiro atoms. The summed E-state index contributed by atoms with van der Waals surface area (Å²) < 4.78 is 17.0. The molecule has 122 valence electrons. The van der Waals surface area contributed by atoms with E-state index in [-0.39, 0.29) is 24.4 Å². The molecule has 1 amide bonds. The number of para-hydroxylation sites is 2. The Morgan fingerprint density at radius 3 is 2.86 bits per heavy atom. The fourth-order valence-electron chi connectivity index (χ4n) is 2.52. The summed E-state index contributed by atoms with van der Waals surface area (Å²) >= 11 is 0. The van der Waals surface area contributed by atoms with Crippen molar-refractivity contribution >= 4 is 18.3 Å². The molecule has 0 saturated carbocycles. The molecule has 3 rings (SSSR count). The van der Waals surface area contributed by atoms with Gasteiger partial charge in [0.15, 0.2) is 17.6 Å². The number of nitrogens with zero attached hydrogens (tertiary/aromatic N) is 1. The number of halogens is 1. The fourth-order valence-corrected chi connectivity index (χ4v) is 2.52. The molecule has 1 aromatic rings. The maximum Gasteiger partial charge on any atom is 0.252 e. The molecule has 2 unspecified atom stereocenters. The van der Waals surface area contributed by atoms with Gasteiger partial charge in [0.05, 0.1) is 13.2 Å². The van der Waals surface area contributed by atoms with Crippen LogP contribution in [0.1, 0.15) is 0 Å². The van der Waals surface area contributed by atoms with E-state index < -0.39 is 6.10 Å². The van der Waals surface area contributed by atoms with E-state index in [1.165, 1.54) is 0 Å². The molecule has 1 saturated heterocycles. The average molecular weight is 329 g/mol. The second-order valence-electron chi connectivity index (χ2n) is 5.28. The number of fused-ring (bicyclic) bond motifs is 1. The van der Waals surface area contributed by atoms with Crippen molar-refractivity contribution in [2.24, 2.45) is 0 Å². The number of carbonyl (C=O) groups excluding carboxylic acids is 1. The predicted molar refractivity (Wildman–Crippen MR) is 83.8 cm³/mol. The number of carbonyl (C=O) groups is 1. The molecule has 2 aliphatic rings. The monoisotopic (exact) mass is 328 g/mol. The first-order valence-electron chi connectivity index (χ1n) is 7.20. The Kier molecular flexibility index (Phi) is 5.88. The van der Waals surface area contributed by atoms with Crippen LogP contribution in [-0.2, 0) is 9.53 Å². The molecule has 1 fully saturated rings. The maximum atomic E-state index is 12.3. The molecule has 1 N–H and O–H groups in total. The summed E-state index contributed by atoms with van der Waals surface area (Å²) in [6.07, 6.45) is -0.564. The van der Waals surface area contributed by atoms with Crippen molar-refractivity contribution in [2.45, 2.75) is 12.2 Å². The van der Waals surface area contributed by atoms with Crippen molar-refractivity contribution in [1.82, 2.24) is 10.2 Å². The Labute approximate surface area is 136 Å². The van der Waals surface area contributed by atoms with Crippen molar-refractivity contribution < 1.29 is 19.0 Å². The Morgan fingerprint density at radius 1 is 1.36 bits per heavy atom. The summed E-state index contributed by atoms with van der Waals surface area (Å²) in [6.45, 7) is 2.85. The number of benzene rings is 1. The van der Waals surface area contributed by atoms with Gasteiger partial charge in [0.25, 0.3) is 5.91 Å². The van der Waals surface area contributed by atoms with Gasteiger partial charge in [0, 0.05) is 20.1 Å². The first-order chi connectivity index (χ1) is 10.2. The van der Waals surface area contributed by atoms with Gasteiger partial charge in [-0.05, 0) is 12.1 Å². The highest BCUT2D eigenvalue weighted by molar-refractivity contribution is 5.85. The minimum Gasteiger partial charge on any atom is -0.486 e. The van der Waals surface area contributed by atoms with Gasteiger partial charge in [0.2, 0.25) is 0 Å². The van der Waals surface area contributed by atoms with Crippen LogP contribution in [0.2, 0.25) is 0 Å². The minimum atomic E-state index is -0.402. The van der Waals surface area contributed by atoms with E-state index in [4.69, 9.17) is 14.2 Å². The number of amides is 1. The number of morpholine rings is 1. The van der Waals surface area contributed by atoms with Gasteiger partial charge in [-0.15, -0.1) is 12.4 Å². The van der Waals surface area contributed by atoms with Gasteiger partial charge in [-0.2, -0.15) is 0 Å². The zero-order valence-electron chi connectivity index (χ0n) is 12.5. The van der Waals surface area contributed by atoms with Crippen LogP contribution >= 0.6 is 12.4 Å². The van der Waals surface area contributed by atoms with Gasteiger partial charge in [-0.3, -0.25) is 4.79 Å². The topological polar surface area (TPSA) is 60.0 Å². The van der Waals surface area contributed by atoms with E-state index in [1.54, 1.807) is 11.9 Å². The van der Waals surface area contributed by atoms with Crippen LogP contribution in [0.15, 0.2) is 24.3 Å². The summed E-state index contributed by atoms with van der Waals surface area (Å²) in [5.74, 6) is 1.46. The highest BCUT2D eigenvalue weighted by atomic mass is 35.5. The number of hydrogen-bond donors (Lipinski definition) is 1. The Bertz CT molecular complexity index is 508. The lowest BCUT2D eigenvalue weighted by atomic mass is 10.2. The molecule has 2 atom stereocenters. The number of ether oxygens (including phenoxy) is 3. The van der Waals surface area contributed by atoms with Gasteiger partial charge < -0.3 is 24.4 Å². The van der Waals surface area contributed by atoms with E-state index in [9.17, 15) is 4.79 Å². The van der Waals surface area contributed by atoms with Crippen molar-refractivity contribution in [2.75, 3.05) is 39.9 Å². The van der Waals surface area contributed by atoms with Gasteiger partial charge in [-0.25, -0.2) is 0 Å². The van der Waals surface area contributed by atoms with Crippen LogP contribution in [0.5, 0.6) is 11.5 Å². The third kappa shape index (κ3) is 3.82. The van der Waals surface area contributed by atoms with Crippen LogP contribution in [0.4, 0.5) is 0 Å². The van der Waals surface area contributed by atoms with Crippen molar-refractivity contribution in [3.05, 3.63) is 24.3 Å². The molecule has 6 nitrogen and oxygen atoms in total. The molecule has 22 heavy (non-hydrogen) atoms. The van der Waals surface area contributed by atoms with Crippen molar-refractivity contribution in [1.29, 1.82) is 0 Å². The standard InChI is InChI=1S/C15H20N2O4.ClH/c1-17(15(18)14-8-16-6-7-19-14)9-11-10-20-12-4-2-3-5-13(12)21-11;/h2-5,11,14,16H,6-10H2,1H3;1H. The highest BCUT2D eigenvalue weighted by Crippen LogP contribution is 2.30. The Morgan fingerprint density at radius 2 is 2.14 bits per heavy atom. The zero-order valence-corrected chi connectivity index (χ0v) is 13.3. The first-order valence-corrected chi connectivity index (χ1v) is 7.20. The van der Waals surface area contributed by atoms with E-state index >= 15 is 0 Å². The Hall–Kier alpha value is -1.50. The molecule has 7 heteroatoms. The third-order valence-electron chi connectivity index (χ3n) is 3.62. The smallest absolute Gasteiger partial charge is 0.252 e. The second kappa shape index (κ2) is 7.67. The quantitative estimate of drug-likeness (QED) is 0.885. The lowest BCUT2D eigenvalue weighted by Crippen LogP contribution is -2.51. The van der Waals surface area contributed by atoms with Gasteiger partial charge in [-0.1, -0.05) is 12.1 Å². The molecular formula is C15H21ClN2O4.